The summed E-state index contributed by atoms with van der Waals surface area (Å²) in [6.45, 7) is 12.3. The van der Waals surface area contributed by atoms with Gasteiger partial charge in [-0.1, -0.05) is 49.7 Å². The quantitative estimate of drug-likeness (QED) is 0.466. The van der Waals surface area contributed by atoms with E-state index in [0.29, 0.717) is 42.9 Å². The Kier molecular flexibility index (Phi) is 10.1. The number of nitrogens with zero attached hydrogens (tertiary/aromatic N) is 3. The van der Waals surface area contributed by atoms with Crippen LogP contribution < -0.4 is 16.0 Å². The molecular weight excluding hydrogens is 529 g/mol. The lowest BCUT2D eigenvalue weighted by molar-refractivity contribution is -0.136. The van der Waals surface area contributed by atoms with Crippen LogP contribution in [0.3, 0.4) is 0 Å². The lowest BCUT2D eigenvalue weighted by Gasteiger charge is -2.39. The fourth-order valence-corrected chi connectivity index (χ4v) is 6.16. The molecule has 2 aliphatic rings. The number of anilines is 1. The van der Waals surface area contributed by atoms with Crippen LogP contribution in [-0.2, 0) is 9.59 Å². The molecule has 2 amide bonds. The van der Waals surface area contributed by atoms with Gasteiger partial charge < -0.3 is 20.9 Å². The maximum absolute atomic E-state index is 15.4. The highest BCUT2D eigenvalue weighted by molar-refractivity contribution is 6.30. The molecule has 2 fully saturated rings. The number of hydrogen-bond donors (Lipinski definition) is 2. The summed E-state index contributed by atoms with van der Waals surface area (Å²) in [5, 5.41) is 3.74. The number of halogens is 2. The van der Waals surface area contributed by atoms with Crippen molar-refractivity contribution >= 4 is 29.1 Å². The van der Waals surface area contributed by atoms with Crippen LogP contribution in [0.2, 0.25) is 5.02 Å². The van der Waals surface area contributed by atoms with E-state index < -0.39 is 0 Å². The third-order valence-electron chi connectivity index (χ3n) is 8.31. The van der Waals surface area contributed by atoms with Crippen LogP contribution in [0.25, 0.3) is 0 Å². The molecule has 0 saturated carbocycles. The second-order valence-corrected chi connectivity index (χ2v) is 12.1. The molecule has 2 saturated heterocycles. The number of carbonyl (C=O) groups is 2. The van der Waals surface area contributed by atoms with Crippen molar-refractivity contribution in [3.8, 4) is 0 Å². The summed E-state index contributed by atoms with van der Waals surface area (Å²) in [5.41, 5.74) is 7.97. The average Bonchev–Trinajstić information content (AvgIpc) is 3.38. The van der Waals surface area contributed by atoms with Crippen molar-refractivity contribution in [1.29, 1.82) is 0 Å². The number of para-hydroxylation sites is 1. The maximum Gasteiger partial charge on any atom is 0.227 e. The van der Waals surface area contributed by atoms with E-state index >= 15 is 4.39 Å². The highest BCUT2D eigenvalue weighted by atomic mass is 35.5. The third-order valence-corrected chi connectivity index (χ3v) is 8.56. The van der Waals surface area contributed by atoms with Gasteiger partial charge in [0.05, 0.1) is 17.6 Å². The molecule has 7 nitrogen and oxygen atoms in total. The summed E-state index contributed by atoms with van der Waals surface area (Å²) in [4.78, 5) is 32.6. The third kappa shape index (κ3) is 6.78. The zero-order valence-electron chi connectivity index (χ0n) is 24.1. The van der Waals surface area contributed by atoms with Crippen molar-refractivity contribution in [2.75, 3.05) is 50.7 Å². The first kappa shape index (κ1) is 30.3. The van der Waals surface area contributed by atoms with Gasteiger partial charge in [-0.25, -0.2) is 4.39 Å². The second kappa shape index (κ2) is 13.3. The van der Waals surface area contributed by atoms with E-state index in [-0.39, 0.29) is 54.4 Å². The van der Waals surface area contributed by atoms with Gasteiger partial charge in [0.15, 0.2) is 0 Å². The number of amides is 2. The predicted molar refractivity (Wildman–Crippen MR) is 159 cm³/mol. The van der Waals surface area contributed by atoms with Gasteiger partial charge in [-0.05, 0) is 43.5 Å². The van der Waals surface area contributed by atoms with Gasteiger partial charge in [-0.2, -0.15) is 0 Å². The van der Waals surface area contributed by atoms with Gasteiger partial charge in [0, 0.05) is 74.8 Å². The predicted octanol–water partition coefficient (Wildman–Crippen LogP) is 4.41. The number of benzene rings is 2. The molecule has 2 aliphatic heterocycles. The SMILES string of the molecule is CC(C)[C@H](NC(=O)CCN)c1cccc(F)c1N1CCN(C(=O)[C@H]2CN(C(C)C)CC2c2ccc(Cl)cc2)CC1. The molecule has 1 unspecified atom stereocenters. The first-order valence-electron chi connectivity index (χ1n) is 14.4. The van der Waals surface area contributed by atoms with Gasteiger partial charge in [-0.3, -0.25) is 14.5 Å². The van der Waals surface area contributed by atoms with Gasteiger partial charge in [0.1, 0.15) is 5.82 Å². The smallest absolute Gasteiger partial charge is 0.227 e. The van der Waals surface area contributed by atoms with Crippen molar-refractivity contribution in [1.82, 2.24) is 15.1 Å². The van der Waals surface area contributed by atoms with E-state index in [1.807, 2.05) is 54.0 Å². The van der Waals surface area contributed by atoms with E-state index in [4.69, 9.17) is 17.3 Å². The van der Waals surface area contributed by atoms with Crippen LogP contribution in [0.15, 0.2) is 42.5 Å². The largest absolute Gasteiger partial charge is 0.365 e. The van der Waals surface area contributed by atoms with Gasteiger partial charge in [-0.15, -0.1) is 0 Å². The minimum Gasteiger partial charge on any atom is -0.365 e. The monoisotopic (exact) mass is 571 g/mol. The first-order valence-corrected chi connectivity index (χ1v) is 14.8. The highest BCUT2D eigenvalue weighted by Gasteiger charge is 2.41. The number of nitrogens with one attached hydrogen (secondary N) is 1. The lowest BCUT2D eigenvalue weighted by atomic mass is 9.88. The second-order valence-electron chi connectivity index (χ2n) is 11.6. The molecule has 0 aliphatic carbocycles. The molecule has 3 atom stereocenters. The Morgan fingerprint density at radius 3 is 2.30 bits per heavy atom. The number of hydrogen-bond acceptors (Lipinski definition) is 5. The summed E-state index contributed by atoms with van der Waals surface area (Å²) in [5.74, 6) is -0.280. The molecule has 0 spiro atoms. The summed E-state index contributed by atoms with van der Waals surface area (Å²) in [6.07, 6.45) is 0.223. The number of likely N-dealkylation sites (tertiary alicyclic amines) is 1. The Morgan fingerprint density at radius 2 is 1.70 bits per heavy atom. The molecule has 0 radical (unpaired) electrons. The molecule has 218 valence electrons. The molecule has 3 N–H and O–H groups in total. The van der Waals surface area contributed by atoms with Crippen LogP contribution in [0.4, 0.5) is 10.1 Å². The number of carbonyl (C=O) groups excluding carboxylic acids is 2. The van der Waals surface area contributed by atoms with Crippen LogP contribution in [0.5, 0.6) is 0 Å². The zero-order valence-corrected chi connectivity index (χ0v) is 24.8. The Bertz CT molecular complexity index is 1170. The summed E-state index contributed by atoms with van der Waals surface area (Å²) in [6, 6.07) is 12.9. The summed E-state index contributed by atoms with van der Waals surface area (Å²) < 4.78 is 15.4. The van der Waals surface area contributed by atoms with Gasteiger partial charge >= 0.3 is 0 Å². The standard InChI is InChI=1S/C31H43ClFN5O2/c1-20(2)29(35-28(39)12-13-34)24-6-5-7-27(33)30(24)36-14-16-37(17-15-36)31(40)26-19-38(21(3)4)18-25(26)22-8-10-23(32)11-9-22/h5-11,20-21,25-26,29H,12-19,34H2,1-4H3,(H,35,39)/t25?,26-,29-/m0/s1. The normalized spacial score (nSPS) is 20.8. The molecule has 0 aromatic heterocycles. The Hall–Kier alpha value is -2.68. The Labute approximate surface area is 242 Å². The van der Waals surface area contributed by atoms with Crippen LogP contribution in [0, 0.1) is 17.7 Å². The van der Waals surface area contributed by atoms with Crippen molar-refractivity contribution in [3.05, 3.63) is 64.4 Å². The highest BCUT2D eigenvalue weighted by Crippen LogP contribution is 2.37. The van der Waals surface area contributed by atoms with E-state index in [9.17, 15) is 9.59 Å². The number of piperazine rings is 1. The van der Waals surface area contributed by atoms with Crippen molar-refractivity contribution < 1.29 is 14.0 Å². The maximum atomic E-state index is 15.4. The van der Waals surface area contributed by atoms with E-state index in [0.717, 1.165) is 24.2 Å². The average molecular weight is 572 g/mol. The molecule has 2 aromatic carbocycles. The first-order chi connectivity index (χ1) is 19.1. The minimum atomic E-state index is -0.343. The van der Waals surface area contributed by atoms with Crippen LogP contribution >= 0.6 is 11.6 Å². The van der Waals surface area contributed by atoms with Crippen LogP contribution in [0.1, 0.15) is 57.2 Å². The van der Waals surface area contributed by atoms with Crippen molar-refractivity contribution in [2.45, 2.75) is 52.1 Å². The summed E-state index contributed by atoms with van der Waals surface area (Å²) in [7, 11) is 0. The fourth-order valence-electron chi connectivity index (χ4n) is 6.04. The Balaban J connectivity index is 1.50. The van der Waals surface area contributed by atoms with Crippen molar-refractivity contribution in [3.63, 3.8) is 0 Å². The van der Waals surface area contributed by atoms with Gasteiger partial charge in [0.2, 0.25) is 11.8 Å². The van der Waals surface area contributed by atoms with E-state index in [1.165, 1.54) is 6.07 Å². The van der Waals surface area contributed by atoms with Crippen molar-refractivity contribution in [2.24, 2.45) is 17.6 Å². The number of nitrogens with two attached hydrogens (primary N) is 1. The molecule has 4 rings (SSSR count). The molecule has 0 bridgehead atoms. The number of rotatable bonds is 9. The van der Waals surface area contributed by atoms with E-state index in [1.54, 1.807) is 6.07 Å². The lowest BCUT2D eigenvalue weighted by Crippen LogP contribution is -2.52. The summed E-state index contributed by atoms with van der Waals surface area (Å²) >= 11 is 6.14. The topological polar surface area (TPSA) is 81.9 Å². The van der Waals surface area contributed by atoms with Crippen LogP contribution in [-0.4, -0.2) is 73.5 Å². The molecule has 9 heteroatoms. The minimum absolute atomic E-state index is 0.0567. The van der Waals surface area contributed by atoms with Gasteiger partial charge in [0.25, 0.3) is 0 Å². The van der Waals surface area contributed by atoms with E-state index in [2.05, 4.69) is 24.1 Å². The molecule has 2 heterocycles. The molecular formula is C31H43ClFN5O2. The zero-order chi connectivity index (χ0) is 29.0. The molecule has 2 aromatic rings. The fraction of sp³-hybridized carbons (Fsp3) is 0.548. The molecule has 40 heavy (non-hydrogen) atoms. The Morgan fingerprint density at radius 1 is 1.02 bits per heavy atom.